The fourth-order valence-corrected chi connectivity index (χ4v) is 0.836. The zero-order valence-corrected chi connectivity index (χ0v) is 9.04. The number of ether oxygens (including phenoxy) is 1. The Kier molecular flexibility index (Phi) is 6.16. The summed E-state index contributed by atoms with van der Waals surface area (Å²) in [5.74, 6) is -0.251. The van der Waals surface area contributed by atoms with Crippen molar-refractivity contribution in [3.8, 4) is 0 Å². The van der Waals surface area contributed by atoms with Gasteiger partial charge in [-0.2, -0.15) is 0 Å². The van der Waals surface area contributed by atoms with Gasteiger partial charge in [0.05, 0.1) is 6.61 Å². The summed E-state index contributed by atoms with van der Waals surface area (Å²) in [6.45, 7) is 9.39. The van der Waals surface area contributed by atoms with Crippen molar-refractivity contribution >= 4 is 5.97 Å². The number of rotatable bonds is 6. The van der Waals surface area contributed by atoms with Crippen molar-refractivity contribution in [3.63, 3.8) is 0 Å². The maximum Gasteiger partial charge on any atom is 0.334 e. The van der Waals surface area contributed by atoms with Crippen LogP contribution in [0, 0.1) is 5.92 Å². The molecule has 0 aromatic heterocycles. The van der Waals surface area contributed by atoms with Gasteiger partial charge >= 0.3 is 5.97 Å². The highest BCUT2D eigenvalue weighted by molar-refractivity contribution is 5.87. The molecule has 0 spiro atoms. The molecule has 0 radical (unpaired) electrons. The van der Waals surface area contributed by atoms with Crippen LogP contribution in [0.15, 0.2) is 12.2 Å². The van der Waals surface area contributed by atoms with Gasteiger partial charge in [0.15, 0.2) is 6.23 Å². The average Bonchev–Trinajstić information content (AvgIpc) is 2.10. The molecule has 4 heteroatoms. The molecule has 14 heavy (non-hydrogen) atoms. The van der Waals surface area contributed by atoms with Crippen LogP contribution in [-0.2, 0) is 9.53 Å². The maximum absolute atomic E-state index is 11.2. The third-order valence-corrected chi connectivity index (χ3v) is 1.65. The Hall–Kier alpha value is -0.870. The van der Waals surface area contributed by atoms with Crippen molar-refractivity contribution in [3.05, 3.63) is 12.2 Å². The summed E-state index contributed by atoms with van der Waals surface area (Å²) in [6, 6.07) is 0. The summed E-state index contributed by atoms with van der Waals surface area (Å²) in [7, 11) is 0. The second kappa shape index (κ2) is 6.56. The smallest absolute Gasteiger partial charge is 0.334 e. The van der Waals surface area contributed by atoms with Gasteiger partial charge in [0.2, 0.25) is 0 Å². The molecule has 0 rings (SSSR count). The van der Waals surface area contributed by atoms with Crippen LogP contribution in [0.1, 0.15) is 20.8 Å². The van der Waals surface area contributed by atoms with Gasteiger partial charge in [-0.15, -0.1) is 0 Å². The van der Waals surface area contributed by atoms with Gasteiger partial charge in [0.1, 0.15) is 0 Å². The van der Waals surface area contributed by atoms with E-state index < -0.39 is 5.97 Å². The van der Waals surface area contributed by atoms with Gasteiger partial charge in [-0.25, -0.2) is 4.79 Å². The van der Waals surface area contributed by atoms with E-state index in [2.05, 4.69) is 11.9 Å². The monoisotopic (exact) mass is 201 g/mol. The summed E-state index contributed by atoms with van der Waals surface area (Å²) in [5.41, 5.74) is 0.376. The zero-order chi connectivity index (χ0) is 11.1. The molecule has 4 nitrogen and oxygen atoms in total. The Morgan fingerprint density at radius 2 is 2.14 bits per heavy atom. The molecule has 0 amide bonds. The average molecular weight is 201 g/mol. The number of aliphatic hydroxyl groups excluding tert-OH is 1. The molecule has 0 fully saturated rings. The minimum Gasteiger partial charge on any atom is -0.443 e. The fourth-order valence-electron chi connectivity index (χ4n) is 0.836. The van der Waals surface area contributed by atoms with E-state index in [0.29, 0.717) is 12.1 Å². The third kappa shape index (κ3) is 4.99. The van der Waals surface area contributed by atoms with Crippen molar-refractivity contribution in [2.24, 2.45) is 5.92 Å². The molecule has 1 atom stereocenters. The Balaban J connectivity index is 4.09. The Morgan fingerprint density at radius 3 is 2.50 bits per heavy atom. The van der Waals surface area contributed by atoms with Crippen molar-refractivity contribution in [2.75, 3.05) is 13.2 Å². The number of hydrogen-bond acceptors (Lipinski definition) is 4. The van der Waals surface area contributed by atoms with Crippen LogP contribution in [0.5, 0.6) is 0 Å². The van der Waals surface area contributed by atoms with E-state index in [-0.39, 0.29) is 18.8 Å². The molecule has 0 heterocycles. The summed E-state index contributed by atoms with van der Waals surface area (Å²) < 4.78 is 5.11. The van der Waals surface area contributed by atoms with E-state index in [1.807, 2.05) is 13.8 Å². The lowest BCUT2D eigenvalue weighted by Gasteiger charge is -2.22. The minimum atomic E-state index is -0.408. The fraction of sp³-hybridized carbons (Fsp3) is 0.700. The third-order valence-electron chi connectivity index (χ3n) is 1.65. The molecule has 0 aliphatic heterocycles. The molecular formula is C10H19NO3. The highest BCUT2D eigenvalue weighted by atomic mass is 16.6. The number of esters is 1. The van der Waals surface area contributed by atoms with Gasteiger partial charge in [-0.3, -0.25) is 5.32 Å². The van der Waals surface area contributed by atoms with E-state index in [4.69, 9.17) is 9.84 Å². The molecule has 0 saturated carbocycles. The van der Waals surface area contributed by atoms with Crippen LogP contribution in [0.4, 0.5) is 0 Å². The first kappa shape index (κ1) is 13.1. The van der Waals surface area contributed by atoms with Crippen LogP contribution in [0.25, 0.3) is 0 Å². The highest BCUT2D eigenvalue weighted by Crippen LogP contribution is 2.05. The molecule has 0 saturated heterocycles. The topological polar surface area (TPSA) is 58.6 Å². The lowest BCUT2D eigenvalue weighted by Crippen LogP contribution is -2.39. The quantitative estimate of drug-likeness (QED) is 0.377. The van der Waals surface area contributed by atoms with Gasteiger partial charge < -0.3 is 9.84 Å². The molecule has 0 aromatic carbocycles. The van der Waals surface area contributed by atoms with Gasteiger partial charge in [0.25, 0.3) is 0 Å². The number of carbonyl (C=O) groups excluding carboxylic acids is 1. The molecule has 0 aliphatic rings. The molecule has 0 aromatic rings. The summed E-state index contributed by atoms with van der Waals surface area (Å²) in [4.78, 5) is 11.2. The molecule has 82 valence electrons. The molecule has 0 bridgehead atoms. The van der Waals surface area contributed by atoms with Crippen molar-refractivity contribution in [1.82, 2.24) is 5.32 Å². The minimum absolute atomic E-state index is 0.0217. The number of nitrogens with one attached hydrogen (secondary N) is 1. The van der Waals surface area contributed by atoms with E-state index in [1.165, 1.54) is 0 Å². The normalized spacial score (nSPS) is 12.6. The highest BCUT2D eigenvalue weighted by Gasteiger charge is 2.17. The number of hydrogen-bond donors (Lipinski definition) is 2. The summed E-state index contributed by atoms with van der Waals surface area (Å²) >= 11 is 0. The molecule has 2 N–H and O–H groups in total. The molecule has 0 aliphatic carbocycles. The molecule has 1 unspecified atom stereocenters. The predicted octanol–water partition coefficient (Wildman–Crippen LogP) is 0.670. The zero-order valence-electron chi connectivity index (χ0n) is 9.04. The lowest BCUT2D eigenvalue weighted by molar-refractivity contribution is -0.148. The van der Waals surface area contributed by atoms with E-state index in [0.717, 1.165) is 0 Å². The Labute approximate surface area is 85.0 Å². The van der Waals surface area contributed by atoms with Crippen molar-refractivity contribution in [1.29, 1.82) is 0 Å². The first-order valence-corrected chi connectivity index (χ1v) is 4.69. The van der Waals surface area contributed by atoms with Crippen LogP contribution in [0.3, 0.4) is 0 Å². The first-order valence-electron chi connectivity index (χ1n) is 4.69. The Bertz CT molecular complexity index is 202. The van der Waals surface area contributed by atoms with Gasteiger partial charge in [-0.1, -0.05) is 20.4 Å². The standard InChI is InChI=1S/C10H19NO3/c1-7(2)9(11-5-6-12)14-10(13)8(3)4/h7,9,11-12H,3,5-6H2,1-2,4H3. The van der Waals surface area contributed by atoms with Crippen LogP contribution in [0.2, 0.25) is 0 Å². The Morgan fingerprint density at radius 1 is 1.57 bits per heavy atom. The van der Waals surface area contributed by atoms with E-state index in [1.54, 1.807) is 6.92 Å². The van der Waals surface area contributed by atoms with Crippen molar-refractivity contribution in [2.45, 2.75) is 27.0 Å². The van der Waals surface area contributed by atoms with Crippen LogP contribution < -0.4 is 5.32 Å². The number of aliphatic hydroxyl groups is 1. The van der Waals surface area contributed by atoms with Crippen molar-refractivity contribution < 1.29 is 14.6 Å². The van der Waals surface area contributed by atoms with Crippen LogP contribution >= 0.6 is 0 Å². The first-order chi connectivity index (χ1) is 6.49. The SMILES string of the molecule is C=C(C)C(=O)OC(NCCO)C(C)C. The summed E-state index contributed by atoms with van der Waals surface area (Å²) in [5, 5.41) is 11.5. The van der Waals surface area contributed by atoms with E-state index >= 15 is 0 Å². The second-order valence-electron chi connectivity index (χ2n) is 3.53. The van der Waals surface area contributed by atoms with Gasteiger partial charge in [0, 0.05) is 18.0 Å². The number of carbonyl (C=O) groups is 1. The van der Waals surface area contributed by atoms with Gasteiger partial charge in [-0.05, 0) is 6.92 Å². The van der Waals surface area contributed by atoms with Crippen LogP contribution in [-0.4, -0.2) is 30.5 Å². The van der Waals surface area contributed by atoms with E-state index in [9.17, 15) is 4.79 Å². The molecular weight excluding hydrogens is 182 g/mol. The second-order valence-corrected chi connectivity index (χ2v) is 3.53. The largest absolute Gasteiger partial charge is 0.443 e. The lowest BCUT2D eigenvalue weighted by atomic mass is 10.2. The maximum atomic E-state index is 11.2. The summed E-state index contributed by atoms with van der Waals surface area (Å²) in [6.07, 6.45) is -0.369. The predicted molar refractivity (Wildman–Crippen MR) is 54.6 cm³/mol.